The Balaban J connectivity index is 1.97. The fourth-order valence-corrected chi connectivity index (χ4v) is 2.13. The minimum atomic E-state index is -0.322. The Morgan fingerprint density at radius 1 is 1.24 bits per heavy atom. The highest BCUT2D eigenvalue weighted by Gasteiger charge is 2.08. The molecule has 2 aromatic rings. The first-order valence-corrected chi connectivity index (χ1v) is 6.95. The van der Waals surface area contributed by atoms with Crippen molar-refractivity contribution >= 4 is 40.5 Å². The molecule has 3 N–H and O–H groups in total. The molecule has 0 saturated heterocycles. The minimum absolute atomic E-state index is 0.131. The van der Waals surface area contributed by atoms with E-state index in [2.05, 4.69) is 5.32 Å². The monoisotopic (exact) mass is 324 g/mol. The average Bonchev–Trinajstić information content (AvgIpc) is 2.42. The number of hydrogen-bond donors (Lipinski definition) is 2. The van der Waals surface area contributed by atoms with Crippen molar-refractivity contribution < 1.29 is 9.53 Å². The molecule has 0 unspecified atom stereocenters. The molecule has 0 spiro atoms. The smallest absolute Gasteiger partial charge is 0.262 e. The predicted molar refractivity (Wildman–Crippen MR) is 86.2 cm³/mol. The zero-order valence-corrected chi connectivity index (χ0v) is 12.8. The van der Waals surface area contributed by atoms with Crippen molar-refractivity contribution in [3.63, 3.8) is 0 Å². The lowest BCUT2D eigenvalue weighted by atomic mass is 10.2. The van der Waals surface area contributed by atoms with E-state index in [1.54, 1.807) is 36.4 Å². The average molecular weight is 325 g/mol. The van der Waals surface area contributed by atoms with E-state index in [0.717, 1.165) is 5.56 Å². The number of amides is 1. The molecule has 0 aromatic heterocycles. The number of anilines is 2. The molecule has 0 fully saturated rings. The van der Waals surface area contributed by atoms with E-state index in [-0.39, 0.29) is 12.5 Å². The lowest BCUT2D eigenvalue weighted by Gasteiger charge is -2.11. The second-order valence-corrected chi connectivity index (χ2v) is 5.33. The summed E-state index contributed by atoms with van der Waals surface area (Å²) in [6.07, 6.45) is 0. The third-order valence-electron chi connectivity index (χ3n) is 2.76. The van der Waals surface area contributed by atoms with Gasteiger partial charge in [0.1, 0.15) is 5.75 Å². The molecule has 0 heterocycles. The number of nitrogens with two attached hydrogens (primary N) is 1. The normalized spacial score (nSPS) is 10.2. The predicted octanol–water partition coefficient (Wildman–Crippen LogP) is 3.90. The first-order chi connectivity index (χ1) is 9.95. The lowest BCUT2D eigenvalue weighted by Crippen LogP contribution is -2.20. The second-order valence-electron chi connectivity index (χ2n) is 4.49. The quantitative estimate of drug-likeness (QED) is 0.838. The maximum Gasteiger partial charge on any atom is 0.262 e. The van der Waals surface area contributed by atoms with Crippen LogP contribution in [0.2, 0.25) is 10.0 Å². The van der Waals surface area contributed by atoms with Crippen molar-refractivity contribution in [1.29, 1.82) is 0 Å². The molecule has 110 valence electrons. The van der Waals surface area contributed by atoms with Gasteiger partial charge >= 0.3 is 0 Å². The van der Waals surface area contributed by atoms with E-state index >= 15 is 0 Å². The molecular weight excluding hydrogens is 311 g/mol. The Morgan fingerprint density at radius 3 is 2.71 bits per heavy atom. The summed E-state index contributed by atoms with van der Waals surface area (Å²) in [5, 5.41) is 3.69. The van der Waals surface area contributed by atoms with E-state index in [4.69, 9.17) is 33.7 Å². The molecule has 2 rings (SSSR count). The third-order valence-corrected chi connectivity index (χ3v) is 3.32. The van der Waals surface area contributed by atoms with Crippen molar-refractivity contribution in [3.05, 3.63) is 52.0 Å². The van der Waals surface area contributed by atoms with Crippen LogP contribution in [0.15, 0.2) is 36.4 Å². The number of benzene rings is 2. The molecule has 0 aliphatic heterocycles. The maximum atomic E-state index is 11.9. The summed E-state index contributed by atoms with van der Waals surface area (Å²) >= 11 is 11.8. The molecule has 1 amide bonds. The Kier molecular flexibility index (Phi) is 4.94. The number of aryl methyl sites for hydroxylation is 1. The van der Waals surface area contributed by atoms with Crippen LogP contribution in [0.25, 0.3) is 0 Å². The topological polar surface area (TPSA) is 64.3 Å². The van der Waals surface area contributed by atoms with Crippen LogP contribution < -0.4 is 15.8 Å². The highest BCUT2D eigenvalue weighted by atomic mass is 35.5. The molecule has 0 aliphatic rings. The number of rotatable bonds is 4. The summed E-state index contributed by atoms with van der Waals surface area (Å²) in [6, 6.07) is 10.1. The van der Waals surface area contributed by atoms with Crippen molar-refractivity contribution in [3.8, 4) is 5.75 Å². The standard InChI is InChI=1S/C15H14Cl2N2O2/c1-9-6-10(16)2-5-14(9)21-8-15(20)19-13-7-11(18)3-4-12(13)17/h2-7H,8,18H2,1H3,(H,19,20). The first kappa shape index (κ1) is 15.5. The molecule has 0 bridgehead atoms. The van der Waals surface area contributed by atoms with Crippen LogP contribution >= 0.6 is 23.2 Å². The summed E-state index contributed by atoms with van der Waals surface area (Å²) in [7, 11) is 0. The van der Waals surface area contributed by atoms with Gasteiger partial charge in [0.05, 0.1) is 10.7 Å². The molecule has 21 heavy (non-hydrogen) atoms. The summed E-state index contributed by atoms with van der Waals surface area (Å²) in [4.78, 5) is 11.9. The number of hydrogen-bond acceptors (Lipinski definition) is 3. The summed E-state index contributed by atoms with van der Waals surface area (Å²) < 4.78 is 5.45. The number of nitrogens with one attached hydrogen (secondary N) is 1. The zero-order chi connectivity index (χ0) is 15.4. The molecule has 0 saturated carbocycles. The largest absolute Gasteiger partial charge is 0.483 e. The highest BCUT2D eigenvalue weighted by molar-refractivity contribution is 6.33. The Morgan fingerprint density at radius 2 is 2.00 bits per heavy atom. The number of nitrogen functional groups attached to an aromatic ring is 1. The van der Waals surface area contributed by atoms with Crippen molar-refractivity contribution in [2.75, 3.05) is 17.7 Å². The van der Waals surface area contributed by atoms with Gasteiger partial charge < -0.3 is 15.8 Å². The van der Waals surface area contributed by atoms with E-state index in [0.29, 0.717) is 27.2 Å². The van der Waals surface area contributed by atoms with Crippen LogP contribution in [0.5, 0.6) is 5.75 Å². The van der Waals surface area contributed by atoms with Crippen molar-refractivity contribution in [2.24, 2.45) is 0 Å². The van der Waals surface area contributed by atoms with Gasteiger partial charge in [-0.3, -0.25) is 4.79 Å². The van der Waals surface area contributed by atoms with Gasteiger partial charge in [-0.2, -0.15) is 0 Å². The van der Waals surface area contributed by atoms with Crippen LogP contribution in [0, 0.1) is 6.92 Å². The molecule has 4 nitrogen and oxygen atoms in total. The van der Waals surface area contributed by atoms with Crippen molar-refractivity contribution in [2.45, 2.75) is 6.92 Å². The SMILES string of the molecule is Cc1cc(Cl)ccc1OCC(=O)Nc1cc(N)ccc1Cl. The van der Waals surface area contributed by atoms with E-state index < -0.39 is 0 Å². The fourth-order valence-electron chi connectivity index (χ4n) is 1.74. The molecular formula is C15H14Cl2N2O2. The third kappa shape index (κ3) is 4.28. The molecule has 6 heteroatoms. The highest BCUT2D eigenvalue weighted by Crippen LogP contribution is 2.24. The fraction of sp³-hybridized carbons (Fsp3) is 0.133. The summed E-state index contributed by atoms with van der Waals surface area (Å²) in [5.41, 5.74) is 7.48. The number of carbonyl (C=O) groups excluding carboxylic acids is 1. The van der Waals surface area contributed by atoms with Gasteiger partial charge in [-0.1, -0.05) is 23.2 Å². The van der Waals surface area contributed by atoms with Gasteiger partial charge in [-0.15, -0.1) is 0 Å². The van der Waals surface area contributed by atoms with Gasteiger partial charge in [0.15, 0.2) is 6.61 Å². The van der Waals surface area contributed by atoms with Gasteiger partial charge in [0.2, 0.25) is 0 Å². The van der Waals surface area contributed by atoms with Gasteiger partial charge in [-0.25, -0.2) is 0 Å². The van der Waals surface area contributed by atoms with Crippen LogP contribution in [-0.2, 0) is 4.79 Å². The van der Waals surface area contributed by atoms with Gasteiger partial charge in [0.25, 0.3) is 5.91 Å². The van der Waals surface area contributed by atoms with Crippen LogP contribution in [0.4, 0.5) is 11.4 Å². The second kappa shape index (κ2) is 6.70. The van der Waals surface area contributed by atoms with E-state index in [1.807, 2.05) is 6.92 Å². The van der Waals surface area contributed by atoms with Crippen molar-refractivity contribution in [1.82, 2.24) is 0 Å². The summed E-state index contributed by atoms with van der Waals surface area (Å²) in [5.74, 6) is 0.282. The van der Waals surface area contributed by atoms with Gasteiger partial charge in [-0.05, 0) is 48.9 Å². The Hall–Kier alpha value is -1.91. The molecule has 0 aliphatic carbocycles. The molecule has 0 atom stereocenters. The Labute approximate surface area is 132 Å². The molecule has 2 aromatic carbocycles. The van der Waals surface area contributed by atoms with Crippen LogP contribution in [0.3, 0.4) is 0 Å². The number of carbonyl (C=O) groups is 1. The molecule has 0 radical (unpaired) electrons. The first-order valence-electron chi connectivity index (χ1n) is 6.19. The number of ether oxygens (including phenoxy) is 1. The van der Waals surface area contributed by atoms with Crippen LogP contribution in [-0.4, -0.2) is 12.5 Å². The van der Waals surface area contributed by atoms with Gasteiger partial charge in [0, 0.05) is 10.7 Å². The zero-order valence-electron chi connectivity index (χ0n) is 11.3. The lowest BCUT2D eigenvalue weighted by molar-refractivity contribution is -0.118. The minimum Gasteiger partial charge on any atom is -0.483 e. The summed E-state index contributed by atoms with van der Waals surface area (Å²) in [6.45, 7) is 1.72. The number of halogens is 2. The van der Waals surface area contributed by atoms with Crippen LogP contribution in [0.1, 0.15) is 5.56 Å². The van der Waals surface area contributed by atoms with E-state index in [1.165, 1.54) is 0 Å². The van der Waals surface area contributed by atoms with E-state index in [9.17, 15) is 4.79 Å². The Bertz CT molecular complexity index is 675. The maximum absolute atomic E-state index is 11.9.